The van der Waals surface area contributed by atoms with Crippen molar-refractivity contribution in [1.29, 1.82) is 0 Å². The van der Waals surface area contributed by atoms with Crippen LogP contribution in [0.25, 0.3) is 0 Å². The van der Waals surface area contributed by atoms with E-state index in [0.717, 1.165) is 19.3 Å². The highest BCUT2D eigenvalue weighted by atomic mass is 16.2. The van der Waals surface area contributed by atoms with E-state index >= 15 is 0 Å². The van der Waals surface area contributed by atoms with Crippen molar-refractivity contribution < 1.29 is 9.59 Å². The number of hydrogen-bond acceptors (Lipinski definition) is 3. The third-order valence-corrected chi connectivity index (χ3v) is 2.94. The first-order valence-electron chi connectivity index (χ1n) is 6.43. The molecule has 0 aliphatic heterocycles. The molecular formula is C12H23N3O2. The lowest BCUT2D eigenvalue weighted by Crippen LogP contribution is -2.42. The third kappa shape index (κ3) is 5.68. The van der Waals surface area contributed by atoms with Gasteiger partial charge in [-0.25, -0.2) is 0 Å². The lowest BCUT2D eigenvalue weighted by atomic mass is 10.1. The number of nitrogens with one attached hydrogen (secondary N) is 2. The molecule has 0 aromatic rings. The quantitative estimate of drug-likeness (QED) is 0.565. The Morgan fingerprint density at radius 1 is 1.29 bits per heavy atom. The molecule has 2 amide bonds. The first-order valence-corrected chi connectivity index (χ1v) is 6.43. The summed E-state index contributed by atoms with van der Waals surface area (Å²) in [7, 11) is 0. The molecule has 1 rings (SSSR count). The highest BCUT2D eigenvalue weighted by Gasteiger charge is 2.31. The number of amides is 2. The number of rotatable bonds is 8. The highest BCUT2D eigenvalue weighted by molar-refractivity contribution is 5.83. The fraction of sp³-hybridized carbons (Fsp3) is 0.833. The first kappa shape index (κ1) is 14.0. The molecule has 0 saturated heterocycles. The van der Waals surface area contributed by atoms with Crippen LogP contribution in [0.1, 0.15) is 39.0 Å². The monoisotopic (exact) mass is 241 g/mol. The van der Waals surface area contributed by atoms with Crippen LogP contribution in [0.4, 0.5) is 0 Å². The number of hydrogen-bond donors (Lipinski definition) is 3. The maximum absolute atomic E-state index is 11.6. The predicted octanol–water partition coefficient (Wildman–Crippen LogP) is 0.146. The molecule has 5 nitrogen and oxygen atoms in total. The molecule has 17 heavy (non-hydrogen) atoms. The second kappa shape index (κ2) is 7.27. The summed E-state index contributed by atoms with van der Waals surface area (Å²) in [5.74, 6) is 0.426. The van der Waals surface area contributed by atoms with Crippen molar-refractivity contribution in [3.63, 3.8) is 0 Å². The van der Waals surface area contributed by atoms with Crippen molar-refractivity contribution in [1.82, 2.24) is 10.6 Å². The van der Waals surface area contributed by atoms with E-state index in [2.05, 4.69) is 10.6 Å². The third-order valence-electron chi connectivity index (χ3n) is 2.94. The lowest BCUT2D eigenvalue weighted by molar-refractivity contribution is -0.126. The van der Waals surface area contributed by atoms with E-state index < -0.39 is 0 Å². The fourth-order valence-corrected chi connectivity index (χ4v) is 1.73. The summed E-state index contributed by atoms with van der Waals surface area (Å²) in [5, 5.41) is 5.64. The van der Waals surface area contributed by atoms with Gasteiger partial charge in [0.1, 0.15) is 0 Å². The van der Waals surface area contributed by atoms with Gasteiger partial charge in [0.2, 0.25) is 11.8 Å². The van der Waals surface area contributed by atoms with Gasteiger partial charge >= 0.3 is 0 Å². The Morgan fingerprint density at radius 3 is 2.47 bits per heavy atom. The van der Waals surface area contributed by atoms with Crippen LogP contribution in [0.2, 0.25) is 0 Å². The number of carbonyl (C=O) groups is 2. The average Bonchev–Trinajstić information content (AvgIpc) is 3.14. The molecule has 1 unspecified atom stereocenters. The van der Waals surface area contributed by atoms with E-state index in [1.807, 2.05) is 6.92 Å². The van der Waals surface area contributed by atoms with Gasteiger partial charge < -0.3 is 16.4 Å². The van der Waals surface area contributed by atoms with Gasteiger partial charge in [-0.3, -0.25) is 9.59 Å². The Morgan fingerprint density at radius 2 is 1.94 bits per heavy atom. The van der Waals surface area contributed by atoms with Crippen molar-refractivity contribution in [2.24, 2.45) is 11.7 Å². The van der Waals surface area contributed by atoms with E-state index in [0.29, 0.717) is 19.0 Å². The van der Waals surface area contributed by atoms with Crippen molar-refractivity contribution in [2.45, 2.75) is 45.1 Å². The molecule has 1 atom stereocenters. The van der Waals surface area contributed by atoms with Crippen LogP contribution in [0.5, 0.6) is 0 Å². The van der Waals surface area contributed by atoms with E-state index in [1.54, 1.807) is 0 Å². The summed E-state index contributed by atoms with van der Waals surface area (Å²) in [6.07, 6.45) is 3.72. The maximum atomic E-state index is 11.6. The molecule has 0 bridgehead atoms. The SMILES string of the molecule is CCCNC(=O)CCC(=O)NC(CN)C1CC1. The zero-order valence-corrected chi connectivity index (χ0v) is 10.5. The second-order valence-electron chi connectivity index (χ2n) is 4.60. The molecule has 1 fully saturated rings. The largest absolute Gasteiger partial charge is 0.356 e. The molecule has 0 aromatic heterocycles. The lowest BCUT2D eigenvalue weighted by Gasteiger charge is -2.15. The van der Waals surface area contributed by atoms with Gasteiger partial charge in [-0.05, 0) is 25.2 Å². The Balaban J connectivity index is 2.13. The van der Waals surface area contributed by atoms with Crippen LogP contribution in [-0.4, -0.2) is 30.9 Å². The predicted molar refractivity (Wildman–Crippen MR) is 66.2 cm³/mol. The van der Waals surface area contributed by atoms with Gasteiger partial charge in [-0.15, -0.1) is 0 Å². The molecule has 1 saturated carbocycles. The smallest absolute Gasteiger partial charge is 0.220 e. The normalized spacial score (nSPS) is 16.4. The van der Waals surface area contributed by atoms with Crippen LogP contribution >= 0.6 is 0 Å². The Labute approximate surface area is 103 Å². The van der Waals surface area contributed by atoms with Gasteiger partial charge in [-0.1, -0.05) is 6.92 Å². The highest BCUT2D eigenvalue weighted by Crippen LogP contribution is 2.32. The molecule has 1 aliphatic rings. The zero-order chi connectivity index (χ0) is 12.7. The summed E-state index contributed by atoms with van der Waals surface area (Å²) in [6.45, 7) is 3.15. The summed E-state index contributed by atoms with van der Waals surface area (Å²) < 4.78 is 0. The van der Waals surface area contributed by atoms with E-state index in [4.69, 9.17) is 5.73 Å². The van der Waals surface area contributed by atoms with Gasteiger partial charge in [0.05, 0.1) is 0 Å². The van der Waals surface area contributed by atoms with Crippen LogP contribution in [-0.2, 0) is 9.59 Å². The van der Waals surface area contributed by atoms with Crippen molar-refractivity contribution in [2.75, 3.05) is 13.1 Å². The summed E-state index contributed by atoms with van der Waals surface area (Å²) in [5.41, 5.74) is 5.59. The number of carbonyl (C=O) groups excluding carboxylic acids is 2. The van der Waals surface area contributed by atoms with Crippen LogP contribution in [0.3, 0.4) is 0 Å². The van der Waals surface area contributed by atoms with Crippen molar-refractivity contribution in [3.05, 3.63) is 0 Å². The minimum Gasteiger partial charge on any atom is -0.356 e. The Kier molecular flexibility index (Phi) is 5.97. The van der Waals surface area contributed by atoms with Crippen LogP contribution < -0.4 is 16.4 Å². The van der Waals surface area contributed by atoms with Crippen molar-refractivity contribution >= 4 is 11.8 Å². The van der Waals surface area contributed by atoms with E-state index in [-0.39, 0.29) is 30.7 Å². The molecule has 4 N–H and O–H groups in total. The van der Waals surface area contributed by atoms with Gasteiger partial charge in [0, 0.05) is 32.0 Å². The molecule has 5 heteroatoms. The zero-order valence-electron chi connectivity index (χ0n) is 10.5. The van der Waals surface area contributed by atoms with E-state index in [1.165, 1.54) is 0 Å². The molecule has 0 heterocycles. The van der Waals surface area contributed by atoms with Gasteiger partial charge in [-0.2, -0.15) is 0 Å². The van der Waals surface area contributed by atoms with Crippen molar-refractivity contribution in [3.8, 4) is 0 Å². The summed E-state index contributed by atoms with van der Waals surface area (Å²) >= 11 is 0. The molecule has 0 aromatic carbocycles. The Hall–Kier alpha value is -1.10. The average molecular weight is 241 g/mol. The Bertz CT molecular complexity index is 264. The van der Waals surface area contributed by atoms with Gasteiger partial charge in [0.15, 0.2) is 0 Å². The molecule has 0 radical (unpaired) electrons. The first-order chi connectivity index (χ1) is 8.17. The molecule has 0 spiro atoms. The second-order valence-corrected chi connectivity index (χ2v) is 4.60. The fourth-order valence-electron chi connectivity index (χ4n) is 1.73. The van der Waals surface area contributed by atoms with E-state index in [9.17, 15) is 9.59 Å². The summed E-state index contributed by atoms with van der Waals surface area (Å²) in [6, 6.07) is 0.0983. The minimum absolute atomic E-state index is 0.0577. The number of nitrogens with two attached hydrogens (primary N) is 1. The van der Waals surface area contributed by atoms with Crippen LogP contribution in [0.15, 0.2) is 0 Å². The standard InChI is InChI=1S/C12H23N3O2/c1-2-7-14-11(16)5-6-12(17)15-10(8-13)9-3-4-9/h9-10H,2-8,13H2,1H3,(H,14,16)(H,15,17). The molecule has 1 aliphatic carbocycles. The topological polar surface area (TPSA) is 84.2 Å². The maximum Gasteiger partial charge on any atom is 0.220 e. The molecule has 98 valence electrons. The molecular weight excluding hydrogens is 218 g/mol. The minimum atomic E-state index is -0.0704. The summed E-state index contributed by atoms with van der Waals surface area (Å²) in [4.78, 5) is 22.9. The van der Waals surface area contributed by atoms with Crippen LogP contribution in [0, 0.1) is 5.92 Å². The van der Waals surface area contributed by atoms with Gasteiger partial charge in [0.25, 0.3) is 0 Å².